The minimum absolute atomic E-state index is 0.137. The summed E-state index contributed by atoms with van der Waals surface area (Å²) in [5, 5.41) is 14.8. The van der Waals surface area contributed by atoms with Gasteiger partial charge in [-0.1, -0.05) is 13.0 Å². The van der Waals surface area contributed by atoms with E-state index in [0.29, 0.717) is 5.69 Å². The first-order valence-electron chi connectivity index (χ1n) is 9.09. The van der Waals surface area contributed by atoms with Gasteiger partial charge in [0, 0.05) is 5.69 Å². The standard InChI is InChI=1S/C19H31BN2O4/c1-8-13-11-14(21-16(24)22-17(2,3)12-23)9-10-15(13)20-25-18(4,5)19(6,7)26-20/h9-11,23H,8,12H2,1-7H3,(H2,21,22,24). The van der Waals surface area contributed by atoms with Crippen molar-refractivity contribution in [2.75, 3.05) is 11.9 Å². The van der Waals surface area contributed by atoms with Gasteiger partial charge < -0.3 is 25.0 Å². The smallest absolute Gasteiger partial charge is 0.399 e. The van der Waals surface area contributed by atoms with Crippen molar-refractivity contribution in [3.63, 3.8) is 0 Å². The number of aliphatic hydroxyl groups is 1. The molecule has 1 aromatic rings. The minimum Gasteiger partial charge on any atom is -0.399 e. The number of urea groups is 1. The van der Waals surface area contributed by atoms with E-state index in [1.807, 2.05) is 45.9 Å². The van der Waals surface area contributed by atoms with Crippen LogP contribution in [0.25, 0.3) is 0 Å². The van der Waals surface area contributed by atoms with Gasteiger partial charge in [-0.25, -0.2) is 4.79 Å². The first-order valence-corrected chi connectivity index (χ1v) is 9.09. The van der Waals surface area contributed by atoms with Crippen LogP contribution in [0.15, 0.2) is 18.2 Å². The van der Waals surface area contributed by atoms with Crippen LogP contribution < -0.4 is 16.1 Å². The molecule has 0 unspecified atom stereocenters. The third-order valence-corrected chi connectivity index (χ3v) is 5.14. The highest BCUT2D eigenvalue weighted by atomic mass is 16.7. The number of carbonyl (C=O) groups is 1. The molecule has 1 aliphatic heterocycles. The average molecular weight is 362 g/mol. The summed E-state index contributed by atoms with van der Waals surface area (Å²) in [5.74, 6) is 0. The number of hydrogen-bond donors (Lipinski definition) is 3. The van der Waals surface area contributed by atoms with Gasteiger partial charge >= 0.3 is 13.1 Å². The second kappa shape index (κ2) is 7.21. The van der Waals surface area contributed by atoms with Gasteiger partial charge in [-0.15, -0.1) is 0 Å². The molecule has 1 fully saturated rings. The fourth-order valence-electron chi connectivity index (χ4n) is 2.70. The molecule has 0 radical (unpaired) electrons. The van der Waals surface area contributed by atoms with Crippen molar-refractivity contribution >= 4 is 24.3 Å². The lowest BCUT2D eigenvalue weighted by Gasteiger charge is -2.32. The van der Waals surface area contributed by atoms with E-state index < -0.39 is 23.9 Å². The zero-order chi connectivity index (χ0) is 19.8. The Morgan fingerprint density at radius 1 is 1.19 bits per heavy atom. The van der Waals surface area contributed by atoms with Crippen molar-refractivity contribution in [2.45, 2.75) is 71.6 Å². The Morgan fingerprint density at radius 3 is 2.27 bits per heavy atom. The van der Waals surface area contributed by atoms with Gasteiger partial charge in [-0.05, 0) is 71.1 Å². The fourth-order valence-corrected chi connectivity index (χ4v) is 2.70. The van der Waals surface area contributed by atoms with E-state index in [1.165, 1.54) is 0 Å². The average Bonchev–Trinajstić information content (AvgIpc) is 2.74. The number of hydrogen-bond acceptors (Lipinski definition) is 4. The van der Waals surface area contributed by atoms with Crippen LogP contribution in [0.3, 0.4) is 0 Å². The first-order chi connectivity index (χ1) is 11.9. The molecule has 0 spiro atoms. The summed E-state index contributed by atoms with van der Waals surface area (Å²) in [6.45, 7) is 13.5. The number of anilines is 1. The van der Waals surface area contributed by atoms with E-state index in [1.54, 1.807) is 13.8 Å². The van der Waals surface area contributed by atoms with Crippen LogP contribution >= 0.6 is 0 Å². The lowest BCUT2D eigenvalue weighted by atomic mass is 9.75. The summed E-state index contributed by atoms with van der Waals surface area (Å²) < 4.78 is 12.3. The number of carbonyl (C=O) groups excluding carboxylic acids is 1. The molecule has 1 aromatic carbocycles. The molecule has 0 saturated carbocycles. The third kappa shape index (κ3) is 4.39. The molecular formula is C19H31BN2O4. The fraction of sp³-hybridized carbons (Fsp3) is 0.632. The number of aryl methyl sites for hydroxylation is 1. The molecule has 1 heterocycles. The lowest BCUT2D eigenvalue weighted by Crippen LogP contribution is -2.48. The Morgan fingerprint density at radius 2 is 1.77 bits per heavy atom. The minimum atomic E-state index is -0.680. The van der Waals surface area contributed by atoms with Crippen molar-refractivity contribution in [1.82, 2.24) is 5.32 Å². The highest BCUT2D eigenvalue weighted by Crippen LogP contribution is 2.36. The van der Waals surface area contributed by atoms with Crippen molar-refractivity contribution in [2.24, 2.45) is 0 Å². The van der Waals surface area contributed by atoms with Crippen molar-refractivity contribution in [3.05, 3.63) is 23.8 Å². The Bertz CT molecular complexity index is 658. The highest BCUT2D eigenvalue weighted by Gasteiger charge is 2.52. The van der Waals surface area contributed by atoms with Crippen LogP contribution in [0.4, 0.5) is 10.5 Å². The quantitative estimate of drug-likeness (QED) is 0.703. The number of benzene rings is 1. The molecule has 1 aliphatic rings. The largest absolute Gasteiger partial charge is 0.495 e. The van der Waals surface area contributed by atoms with Gasteiger partial charge in [0.15, 0.2) is 0 Å². The molecule has 7 heteroatoms. The van der Waals surface area contributed by atoms with E-state index in [9.17, 15) is 9.90 Å². The predicted octanol–water partition coefficient (Wildman–Crippen LogP) is 2.44. The summed E-state index contributed by atoms with van der Waals surface area (Å²) >= 11 is 0. The van der Waals surface area contributed by atoms with E-state index >= 15 is 0 Å². The lowest BCUT2D eigenvalue weighted by molar-refractivity contribution is 0.00578. The van der Waals surface area contributed by atoms with Crippen LogP contribution in [0, 0.1) is 0 Å². The normalized spacial score (nSPS) is 18.7. The molecule has 0 bridgehead atoms. The number of rotatable bonds is 5. The number of nitrogens with one attached hydrogen (secondary N) is 2. The van der Waals surface area contributed by atoms with Crippen molar-refractivity contribution in [3.8, 4) is 0 Å². The third-order valence-electron chi connectivity index (χ3n) is 5.14. The van der Waals surface area contributed by atoms with Gasteiger partial charge in [0.2, 0.25) is 0 Å². The topological polar surface area (TPSA) is 79.8 Å². The van der Waals surface area contributed by atoms with Gasteiger partial charge in [-0.3, -0.25) is 0 Å². The Labute approximate surface area is 156 Å². The summed E-state index contributed by atoms with van der Waals surface area (Å²) in [6.07, 6.45) is 0.790. The molecule has 0 aromatic heterocycles. The van der Waals surface area contributed by atoms with E-state index in [4.69, 9.17) is 9.31 Å². The van der Waals surface area contributed by atoms with Gasteiger partial charge in [-0.2, -0.15) is 0 Å². The summed E-state index contributed by atoms with van der Waals surface area (Å²) in [6, 6.07) is 5.36. The molecule has 0 aliphatic carbocycles. The van der Waals surface area contributed by atoms with Crippen LogP contribution in [-0.4, -0.2) is 41.6 Å². The molecule has 26 heavy (non-hydrogen) atoms. The molecule has 1 saturated heterocycles. The Hall–Kier alpha value is -1.57. The molecule has 0 atom stereocenters. The van der Waals surface area contributed by atoms with Gasteiger partial charge in [0.05, 0.1) is 23.3 Å². The first kappa shape index (κ1) is 20.7. The van der Waals surface area contributed by atoms with E-state index in [0.717, 1.165) is 17.4 Å². The zero-order valence-corrected chi connectivity index (χ0v) is 16.9. The molecule has 2 amide bonds. The van der Waals surface area contributed by atoms with Gasteiger partial charge in [0.1, 0.15) is 0 Å². The molecular weight excluding hydrogens is 331 g/mol. The zero-order valence-electron chi connectivity index (χ0n) is 16.9. The monoisotopic (exact) mass is 362 g/mol. The van der Waals surface area contributed by atoms with Crippen LogP contribution in [0.2, 0.25) is 0 Å². The van der Waals surface area contributed by atoms with E-state index in [2.05, 4.69) is 17.6 Å². The SMILES string of the molecule is CCc1cc(NC(=O)NC(C)(C)CO)ccc1B1OC(C)(C)C(C)(C)O1. The maximum Gasteiger partial charge on any atom is 0.495 e. The molecule has 3 N–H and O–H groups in total. The second-order valence-electron chi connectivity index (χ2n) is 8.48. The Balaban J connectivity index is 2.17. The van der Waals surface area contributed by atoms with E-state index in [-0.39, 0.29) is 12.6 Å². The summed E-state index contributed by atoms with van der Waals surface area (Å²) in [7, 11) is -0.425. The van der Waals surface area contributed by atoms with Crippen LogP contribution in [-0.2, 0) is 15.7 Å². The van der Waals surface area contributed by atoms with Crippen molar-refractivity contribution in [1.29, 1.82) is 0 Å². The molecule has 6 nitrogen and oxygen atoms in total. The summed E-state index contributed by atoms with van der Waals surface area (Å²) in [4.78, 5) is 12.1. The van der Waals surface area contributed by atoms with Crippen LogP contribution in [0.5, 0.6) is 0 Å². The molecule has 144 valence electrons. The summed E-state index contributed by atoms with van der Waals surface area (Å²) in [5.41, 5.74) is 1.26. The number of amides is 2. The maximum atomic E-state index is 12.1. The van der Waals surface area contributed by atoms with Crippen LogP contribution in [0.1, 0.15) is 54.0 Å². The Kier molecular flexibility index (Phi) is 5.76. The highest BCUT2D eigenvalue weighted by molar-refractivity contribution is 6.62. The van der Waals surface area contributed by atoms with Crippen molar-refractivity contribution < 1.29 is 19.2 Å². The number of aliphatic hydroxyl groups excluding tert-OH is 1. The van der Waals surface area contributed by atoms with Gasteiger partial charge in [0.25, 0.3) is 0 Å². The second-order valence-corrected chi connectivity index (χ2v) is 8.48. The molecule has 2 rings (SSSR count). The maximum absolute atomic E-state index is 12.1. The predicted molar refractivity (Wildman–Crippen MR) is 105 cm³/mol.